The van der Waals surface area contributed by atoms with Crippen LogP contribution in [0.15, 0.2) is 30.3 Å². The highest BCUT2D eigenvalue weighted by molar-refractivity contribution is 5.75. The minimum absolute atomic E-state index is 0.0682. The zero-order valence-corrected chi connectivity index (χ0v) is 12.6. The van der Waals surface area contributed by atoms with Gasteiger partial charge in [-0.25, -0.2) is 4.79 Å². The summed E-state index contributed by atoms with van der Waals surface area (Å²) in [6.07, 6.45) is 3.39. The molecule has 0 radical (unpaired) electrons. The fraction of sp³-hybridized carbons (Fsp3) is 0.588. The van der Waals surface area contributed by atoms with Crippen molar-refractivity contribution >= 4 is 6.03 Å². The van der Waals surface area contributed by atoms with Crippen molar-refractivity contribution in [1.82, 2.24) is 10.2 Å². The van der Waals surface area contributed by atoms with E-state index in [-0.39, 0.29) is 18.1 Å². The SMILES string of the molecule is C[C@@H]1COCCN1C(=O)N[C@H](Cc1ccccc1)C1CC1. The molecule has 1 saturated heterocycles. The van der Waals surface area contributed by atoms with Crippen LogP contribution in [0.1, 0.15) is 25.3 Å². The predicted octanol–water partition coefficient (Wildman–Crippen LogP) is 2.44. The van der Waals surface area contributed by atoms with Gasteiger partial charge in [0.25, 0.3) is 0 Å². The normalized spacial score (nSPS) is 23.7. The number of carbonyl (C=O) groups excluding carboxylic acids is 1. The lowest BCUT2D eigenvalue weighted by Crippen LogP contribution is -2.54. The third-order valence-corrected chi connectivity index (χ3v) is 4.43. The van der Waals surface area contributed by atoms with Crippen molar-refractivity contribution in [1.29, 1.82) is 0 Å². The maximum atomic E-state index is 12.5. The lowest BCUT2D eigenvalue weighted by Gasteiger charge is -2.34. The highest BCUT2D eigenvalue weighted by atomic mass is 16.5. The number of hydrogen-bond donors (Lipinski definition) is 1. The quantitative estimate of drug-likeness (QED) is 0.924. The molecule has 1 aliphatic carbocycles. The molecule has 0 spiro atoms. The largest absolute Gasteiger partial charge is 0.377 e. The van der Waals surface area contributed by atoms with Crippen LogP contribution in [0, 0.1) is 5.92 Å². The summed E-state index contributed by atoms with van der Waals surface area (Å²) in [7, 11) is 0. The number of morpholine rings is 1. The van der Waals surface area contributed by atoms with Crippen molar-refractivity contribution in [2.24, 2.45) is 5.92 Å². The summed E-state index contributed by atoms with van der Waals surface area (Å²) < 4.78 is 5.40. The van der Waals surface area contributed by atoms with E-state index in [1.54, 1.807) is 0 Å². The van der Waals surface area contributed by atoms with Gasteiger partial charge >= 0.3 is 6.03 Å². The van der Waals surface area contributed by atoms with Gasteiger partial charge in [-0.15, -0.1) is 0 Å². The summed E-state index contributed by atoms with van der Waals surface area (Å²) >= 11 is 0. The first-order chi connectivity index (χ1) is 10.2. The summed E-state index contributed by atoms with van der Waals surface area (Å²) in [5.41, 5.74) is 1.30. The van der Waals surface area contributed by atoms with E-state index >= 15 is 0 Å². The Hall–Kier alpha value is -1.55. The Morgan fingerprint density at radius 3 is 2.81 bits per heavy atom. The molecule has 0 bridgehead atoms. The number of urea groups is 1. The van der Waals surface area contributed by atoms with Crippen molar-refractivity contribution in [2.75, 3.05) is 19.8 Å². The fourth-order valence-electron chi connectivity index (χ4n) is 2.97. The Kier molecular flexibility index (Phi) is 4.44. The average Bonchev–Trinajstić information content (AvgIpc) is 3.32. The predicted molar refractivity (Wildman–Crippen MR) is 82.2 cm³/mol. The van der Waals surface area contributed by atoms with Gasteiger partial charge in [0.15, 0.2) is 0 Å². The van der Waals surface area contributed by atoms with Gasteiger partial charge in [-0.1, -0.05) is 30.3 Å². The molecule has 1 saturated carbocycles. The molecule has 4 nitrogen and oxygen atoms in total. The smallest absolute Gasteiger partial charge is 0.318 e. The van der Waals surface area contributed by atoms with Crippen LogP contribution in [0.3, 0.4) is 0 Å². The Morgan fingerprint density at radius 2 is 2.14 bits per heavy atom. The van der Waals surface area contributed by atoms with E-state index in [2.05, 4.69) is 29.6 Å². The molecule has 4 heteroatoms. The van der Waals surface area contributed by atoms with Gasteiger partial charge in [-0.3, -0.25) is 0 Å². The number of benzene rings is 1. The summed E-state index contributed by atoms with van der Waals surface area (Å²) in [5.74, 6) is 0.644. The van der Waals surface area contributed by atoms with Crippen molar-refractivity contribution < 1.29 is 9.53 Å². The molecule has 1 N–H and O–H groups in total. The monoisotopic (exact) mass is 288 g/mol. The lowest BCUT2D eigenvalue weighted by atomic mass is 10.0. The first-order valence-electron chi connectivity index (χ1n) is 7.93. The minimum Gasteiger partial charge on any atom is -0.377 e. The van der Waals surface area contributed by atoms with Crippen LogP contribution in [0.4, 0.5) is 4.79 Å². The molecule has 2 aliphatic rings. The molecular formula is C17H24N2O2. The molecule has 1 aliphatic heterocycles. The van der Waals surface area contributed by atoms with Gasteiger partial charge in [-0.2, -0.15) is 0 Å². The van der Waals surface area contributed by atoms with Crippen LogP contribution in [0.2, 0.25) is 0 Å². The fourth-order valence-corrected chi connectivity index (χ4v) is 2.97. The molecule has 0 unspecified atom stereocenters. The summed E-state index contributed by atoms with van der Waals surface area (Å²) in [6.45, 7) is 4.02. The zero-order valence-electron chi connectivity index (χ0n) is 12.6. The van der Waals surface area contributed by atoms with Crippen LogP contribution in [0.5, 0.6) is 0 Å². The summed E-state index contributed by atoms with van der Waals surface area (Å²) in [6, 6.07) is 10.9. The Bertz CT molecular complexity index is 473. The molecule has 21 heavy (non-hydrogen) atoms. The van der Waals surface area contributed by atoms with Gasteiger partial charge in [0, 0.05) is 12.6 Å². The standard InChI is InChI=1S/C17H24N2O2/c1-13-12-21-10-9-19(13)17(20)18-16(15-7-8-15)11-14-5-3-2-4-6-14/h2-6,13,15-16H,7-12H2,1H3,(H,18,20)/t13-,16-/m1/s1. The number of nitrogens with zero attached hydrogens (tertiary/aromatic N) is 1. The Morgan fingerprint density at radius 1 is 1.38 bits per heavy atom. The first kappa shape index (κ1) is 14.4. The number of nitrogens with one attached hydrogen (secondary N) is 1. The summed E-state index contributed by atoms with van der Waals surface area (Å²) in [5, 5.41) is 3.26. The number of rotatable bonds is 4. The third-order valence-electron chi connectivity index (χ3n) is 4.43. The van der Waals surface area contributed by atoms with Gasteiger partial charge < -0.3 is 15.0 Å². The first-order valence-corrected chi connectivity index (χ1v) is 7.93. The molecule has 2 fully saturated rings. The van der Waals surface area contributed by atoms with Crippen molar-refractivity contribution in [3.8, 4) is 0 Å². The molecule has 2 amide bonds. The van der Waals surface area contributed by atoms with Crippen LogP contribution >= 0.6 is 0 Å². The highest BCUT2D eigenvalue weighted by Crippen LogP contribution is 2.34. The van der Waals surface area contributed by atoms with E-state index in [4.69, 9.17) is 4.74 Å². The molecule has 114 valence electrons. The minimum atomic E-state index is 0.0682. The zero-order chi connectivity index (χ0) is 14.7. The van der Waals surface area contributed by atoms with Crippen LogP contribution in [-0.2, 0) is 11.2 Å². The van der Waals surface area contributed by atoms with Crippen molar-refractivity contribution in [3.05, 3.63) is 35.9 Å². The number of amides is 2. The van der Waals surface area contributed by atoms with Gasteiger partial charge in [0.1, 0.15) is 0 Å². The van der Waals surface area contributed by atoms with Crippen LogP contribution in [-0.4, -0.2) is 42.8 Å². The van der Waals surface area contributed by atoms with Crippen LogP contribution < -0.4 is 5.32 Å². The third kappa shape index (κ3) is 3.76. The number of ether oxygens (including phenoxy) is 1. The molecular weight excluding hydrogens is 264 g/mol. The molecule has 1 heterocycles. The molecule has 3 rings (SSSR count). The Labute approximate surface area is 126 Å². The molecule has 1 aromatic carbocycles. The van der Waals surface area contributed by atoms with E-state index in [9.17, 15) is 4.79 Å². The average molecular weight is 288 g/mol. The van der Waals surface area contributed by atoms with Crippen LogP contribution in [0.25, 0.3) is 0 Å². The number of carbonyl (C=O) groups is 1. The molecule has 0 aromatic heterocycles. The van der Waals surface area contributed by atoms with E-state index in [1.807, 2.05) is 17.9 Å². The van der Waals surface area contributed by atoms with Gasteiger partial charge in [0.2, 0.25) is 0 Å². The van der Waals surface area contributed by atoms with Crippen molar-refractivity contribution in [3.63, 3.8) is 0 Å². The number of hydrogen-bond acceptors (Lipinski definition) is 2. The highest BCUT2D eigenvalue weighted by Gasteiger charge is 2.34. The van der Waals surface area contributed by atoms with Gasteiger partial charge in [0.05, 0.1) is 19.3 Å². The lowest BCUT2D eigenvalue weighted by molar-refractivity contribution is 0.0182. The second-order valence-corrected chi connectivity index (χ2v) is 6.20. The molecule has 2 atom stereocenters. The molecule has 1 aromatic rings. The van der Waals surface area contributed by atoms with E-state index < -0.39 is 0 Å². The van der Waals surface area contributed by atoms with E-state index in [0.29, 0.717) is 25.7 Å². The van der Waals surface area contributed by atoms with Crippen molar-refractivity contribution in [2.45, 2.75) is 38.3 Å². The second-order valence-electron chi connectivity index (χ2n) is 6.20. The maximum absolute atomic E-state index is 12.5. The van der Waals surface area contributed by atoms with Gasteiger partial charge in [-0.05, 0) is 37.7 Å². The van der Waals surface area contributed by atoms with E-state index in [1.165, 1.54) is 18.4 Å². The second kappa shape index (κ2) is 6.48. The summed E-state index contributed by atoms with van der Waals surface area (Å²) in [4.78, 5) is 14.4. The maximum Gasteiger partial charge on any atom is 0.318 e. The topological polar surface area (TPSA) is 41.6 Å². The van der Waals surface area contributed by atoms with E-state index in [0.717, 1.165) is 6.42 Å². The Balaban J connectivity index is 1.61.